The predicted molar refractivity (Wildman–Crippen MR) is 119 cm³/mol. The highest BCUT2D eigenvalue weighted by molar-refractivity contribution is 6.46. The summed E-state index contributed by atoms with van der Waals surface area (Å²) in [4.78, 5) is 37.9. The number of phenolic OH excluding ortho intramolecular Hbond substituents is 1. The van der Waals surface area contributed by atoms with E-state index < -0.39 is 28.4 Å². The third-order valence-corrected chi connectivity index (χ3v) is 5.38. The quantitative estimate of drug-likeness (QED) is 0.176. The van der Waals surface area contributed by atoms with E-state index in [2.05, 4.69) is 0 Å². The number of rotatable bonds is 7. The van der Waals surface area contributed by atoms with Crippen LogP contribution in [0.5, 0.6) is 11.5 Å². The normalized spacial score (nSPS) is 17.2. The van der Waals surface area contributed by atoms with Gasteiger partial charge in [-0.15, -0.1) is 0 Å². The Kier molecular flexibility index (Phi) is 6.05. The number of nitro groups is 1. The van der Waals surface area contributed by atoms with Crippen LogP contribution in [0.1, 0.15) is 29.9 Å². The van der Waals surface area contributed by atoms with Crippen molar-refractivity contribution in [1.29, 1.82) is 0 Å². The Labute approximate surface area is 193 Å². The maximum atomic E-state index is 13.1. The molecule has 0 spiro atoms. The van der Waals surface area contributed by atoms with Crippen molar-refractivity contribution in [2.45, 2.75) is 19.5 Å². The van der Waals surface area contributed by atoms with Gasteiger partial charge < -0.3 is 24.3 Å². The first-order valence-corrected chi connectivity index (χ1v) is 10.3. The fourth-order valence-corrected chi connectivity index (χ4v) is 3.85. The van der Waals surface area contributed by atoms with Gasteiger partial charge in [-0.1, -0.05) is 18.2 Å². The van der Waals surface area contributed by atoms with E-state index in [1.807, 2.05) is 0 Å². The molecule has 10 nitrogen and oxygen atoms in total. The molecule has 1 fully saturated rings. The van der Waals surface area contributed by atoms with Crippen LogP contribution in [-0.2, 0) is 16.1 Å². The number of likely N-dealkylation sites (tertiary alicyclic amines) is 1. The van der Waals surface area contributed by atoms with Gasteiger partial charge in [0.05, 0.1) is 36.0 Å². The van der Waals surface area contributed by atoms with Gasteiger partial charge in [0, 0.05) is 17.7 Å². The molecule has 10 heteroatoms. The fraction of sp³-hybridized carbons (Fsp3) is 0.167. The lowest BCUT2D eigenvalue weighted by atomic mass is 9.94. The molecule has 1 aliphatic rings. The molecule has 1 unspecified atom stereocenters. The number of ketones is 1. The summed E-state index contributed by atoms with van der Waals surface area (Å²) >= 11 is 0. The van der Waals surface area contributed by atoms with Crippen molar-refractivity contribution in [3.05, 3.63) is 93.4 Å². The zero-order valence-corrected chi connectivity index (χ0v) is 18.0. The standard InChI is InChI=1S/C24H20N2O8/c1-2-33-19-12-14(8-9-18(19)27)21-20(22(28)15-5-3-6-16(11-15)26(31)32)23(29)24(30)25(21)13-17-7-4-10-34-17/h3-12,21,27-28H,2,13H2,1H3/b22-20+. The summed E-state index contributed by atoms with van der Waals surface area (Å²) < 4.78 is 10.8. The number of nitrogens with zero attached hydrogens (tertiary/aromatic N) is 2. The van der Waals surface area contributed by atoms with Crippen LogP contribution in [0.4, 0.5) is 5.69 Å². The maximum absolute atomic E-state index is 13.1. The highest BCUT2D eigenvalue weighted by Crippen LogP contribution is 2.42. The average molecular weight is 464 g/mol. The topological polar surface area (TPSA) is 143 Å². The fourth-order valence-electron chi connectivity index (χ4n) is 3.85. The van der Waals surface area contributed by atoms with Crippen molar-refractivity contribution in [2.24, 2.45) is 0 Å². The molecule has 1 amide bonds. The summed E-state index contributed by atoms with van der Waals surface area (Å²) in [5.74, 6) is -1.97. The van der Waals surface area contributed by atoms with Gasteiger partial charge >= 0.3 is 0 Å². The number of benzene rings is 2. The van der Waals surface area contributed by atoms with Crippen molar-refractivity contribution in [3.8, 4) is 11.5 Å². The second-order valence-electron chi connectivity index (χ2n) is 7.47. The maximum Gasteiger partial charge on any atom is 0.296 e. The number of carbonyl (C=O) groups excluding carboxylic acids is 2. The second kappa shape index (κ2) is 9.10. The first-order valence-electron chi connectivity index (χ1n) is 10.3. The van der Waals surface area contributed by atoms with Gasteiger partial charge in [-0.3, -0.25) is 19.7 Å². The van der Waals surface area contributed by atoms with Gasteiger partial charge in [0.15, 0.2) is 11.5 Å². The van der Waals surface area contributed by atoms with E-state index in [1.54, 1.807) is 19.1 Å². The number of carbonyl (C=O) groups is 2. The number of phenols is 1. The Morgan fingerprint density at radius 3 is 2.65 bits per heavy atom. The summed E-state index contributed by atoms with van der Waals surface area (Å²) in [6.07, 6.45) is 1.43. The van der Waals surface area contributed by atoms with Crippen LogP contribution >= 0.6 is 0 Å². The number of ether oxygens (including phenoxy) is 1. The van der Waals surface area contributed by atoms with E-state index >= 15 is 0 Å². The number of furan rings is 1. The molecular formula is C24H20N2O8. The predicted octanol–water partition coefficient (Wildman–Crippen LogP) is 3.91. The van der Waals surface area contributed by atoms with Crippen molar-refractivity contribution in [3.63, 3.8) is 0 Å². The van der Waals surface area contributed by atoms with Crippen LogP contribution in [-0.4, -0.2) is 38.3 Å². The molecule has 1 atom stereocenters. The van der Waals surface area contributed by atoms with Crippen LogP contribution < -0.4 is 4.74 Å². The molecule has 1 aromatic heterocycles. The molecule has 0 bridgehead atoms. The third kappa shape index (κ3) is 4.08. The van der Waals surface area contributed by atoms with Crippen LogP contribution in [0.25, 0.3) is 5.76 Å². The van der Waals surface area contributed by atoms with Crippen LogP contribution in [0.15, 0.2) is 70.9 Å². The number of amides is 1. The Hall–Kier alpha value is -4.60. The number of aliphatic hydroxyl groups excluding tert-OH is 1. The first-order chi connectivity index (χ1) is 16.3. The smallest absolute Gasteiger partial charge is 0.296 e. The van der Waals surface area contributed by atoms with E-state index in [0.717, 1.165) is 6.07 Å². The van der Waals surface area contributed by atoms with Crippen molar-refractivity contribution < 1.29 is 33.9 Å². The molecule has 0 aliphatic carbocycles. The molecule has 174 valence electrons. The lowest BCUT2D eigenvalue weighted by Gasteiger charge is -2.25. The summed E-state index contributed by atoms with van der Waals surface area (Å²) in [5, 5.41) is 32.4. The Balaban J connectivity index is 1.90. The summed E-state index contributed by atoms with van der Waals surface area (Å²) in [6.45, 7) is 1.92. The van der Waals surface area contributed by atoms with Crippen molar-refractivity contribution in [1.82, 2.24) is 4.90 Å². The number of hydrogen-bond donors (Lipinski definition) is 2. The molecule has 1 saturated heterocycles. The number of hydrogen-bond acceptors (Lipinski definition) is 8. The second-order valence-corrected chi connectivity index (χ2v) is 7.47. The van der Waals surface area contributed by atoms with Crippen molar-refractivity contribution >= 4 is 23.1 Å². The number of nitro benzene ring substituents is 1. The van der Waals surface area contributed by atoms with Gasteiger partial charge in [-0.2, -0.15) is 0 Å². The van der Waals surface area contributed by atoms with Gasteiger partial charge in [0.2, 0.25) is 0 Å². The molecule has 34 heavy (non-hydrogen) atoms. The Morgan fingerprint density at radius 1 is 1.18 bits per heavy atom. The van der Waals surface area contributed by atoms with Gasteiger partial charge in [0.25, 0.3) is 17.4 Å². The molecule has 2 heterocycles. The van der Waals surface area contributed by atoms with E-state index in [1.165, 1.54) is 47.6 Å². The van der Waals surface area contributed by atoms with E-state index in [0.29, 0.717) is 11.3 Å². The third-order valence-electron chi connectivity index (χ3n) is 5.38. The monoisotopic (exact) mass is 464 g/mol. The minimum atomic E-state index is -1.07. The zero-order chi connectivity index (χ0) is 24.4. The molecule has 1 aliphatic heterocycles. The summed E-state index contributed by atoms with van der Waals surface area (Å²) in [6, 6.07) is 11.7. The minimum absolute atomic E-state index is 0.0130. The highest BCUT2D eigenvalue weighted by atomic mass is 16.6. The van der Waals surface area contributed by atoms with Crippen molar-refractivity contribution in [2.75, 3.05) is 6.61 Å². The molecule has 2 N–H and O–H groups in total. The summed E-state index contributed by atoms with van der Waals surface area (Å²) in [5.41, 5.74) is -0.128. The molecule has 0 radical (unpaired) electrons. The zero-order valence-electron chi connectivity index (χ0n) is 18.0. The largest absolute Gasteiger partial charge is 0.507 e. The van der Waals surface area contributed by atoms with Crippen LogP contribution in [0.2, 0.25) is 0 Å². The van der Waals surface area contributed by atoms with E-state index in [9.17, 15) is 29.9 Å². The van der Waals surface area contributed by atoms with Gasteiger partial charge in [0.1, 0.15) is 11.5 Å². The lowest BCUT2D eigenvalue weighted by molar-refractivity contribution is -0.384. The Morgan fingerprint density at radius 2 is 1.97 bits per heavy atom. The molecule has 2 aromatic carbocycles. The minimum Gasteiger partial charge on any atom is -0.507 e. The lowest BCUT2D eigenvalue weighted by Crippen LogP contribution is -2.29. The molecular weight excluding hydrogens is 444 g/mol. The SMILES string of the molecule is CCOc1cc(C2/C(=C(\O)c3cccc([N+](=O)[O-])c3)C(=O)C(=O)N2Cc2ccco2)ccc1O. The molecule has 4 rings (SSSR count). The van der Waals surface area contributed by atoms with E-state index in [4.69, 9.17) is 9.15 Å². The first kappa shape index (κ1) is 22.6. The van der Waals surface area contributed by atoms with Gasteiger partial charge in [-0.05, 0) is 36.8 Å². The number of aromatic hydroxyl groups is 1. The average Bonchev–Trinajstić information content (AvgIpc) is 3.43. The van der Waals surface area contributed by atoms with Crippen LogP contribution in [0.3, 0.4) is 0 Å². The highest BCUT2D eigenvalue weighted by Gasteiger charge is 2.46. The number of non-ortho nitro benzene ring substituents is 1. The van der Waals surface area contributed by atoms with Crippen LogP contribution in [0, 0.1) is 10.1 Å². The van der Waals surface area contributed by atoms with Gasteiger partial charge in [-0.25, -0.2) is 0 Å². The number of aliphatic hydroxyl groups is 1. The number of Topliss-reactive ketones (excluding diaryl/α,β-unsaturated/α-hetero) is 1. The molecule has 3 aromatic rings. The molecule has 0 saturated carbocycles. The van der Waals surface area contributed by atoms with E-state index in [-0.39, 0.29) is 41.5 Å². The Bertz CT molecular complexity index is 1300. The summed E-state index contributed by atoms with van der Waals surface area (Å²) in [7, 11) is 0.